The van der Waals surface area contributed by atoms with Crippen LogP contribution < -0.4 is 17.0 Å². The van der Waals surface area contributed by atoms with Gasteiger partial charge in [-0.05, 0) is 6.92 Å². The van der Waals surface area contributed by atoms with Gasteiger partial charge in [0.25, 0.3) is 0 Å². The second kappa shape index (κ2) is 6.27. The van der Waals surface area contributed by atoms with Crippen molar-refractivity contribution >= 4 is 5.97 Å². The third-order valence-corrected chi connectivity index (χ3v) is 1.39. The fraction of sp³-hybridized carbons (Fsp3) is 0.571. The molecule has 0 radical (unpaired) electrons. The molecule has 0 saturated heterocycles. The van der Waals surface area contributed by atoms with Gasteiger partial charge in [0.2, 0.25) is 0 Å². The van der Waals surface area contributed by atoms with Gasteiger partial charge in [0, 0.05) is 18.3 Å². The van der Waals surface area contributed by atoms with E-state index in [0.29, 0.717) is 12.1 Å². The Morgan fingerprint density at radius 3 is 2.77 bits per heavy atom. The van der Waals surface area contributed by atoms with Crippen LogP contribution in [0.2, 0.25) is 0 Å². The van der Waals surface area contributed by atoms with Crippen molar-refractivity contribution in [3.05, 3.63) is 11.9 Å². The summed E-state index contributed by atoms with van der Waals surface area (Å²) in [5.41, 5.74) is 8.20. The van der Waals surface area contributed by atoms with E-state index in [1.165, 1.54) is 6.20 Å². The van der Waals surface area contributed by atoms with E-state index in [0.717, 1.165) is 0 Å². The van der Waals surface area contributed by atoms with E-state index in [1.807, 2.05) is 0 Å². The van der Waals surface area contributed by atoms with Gasteiger partial charge in [0.15, 0.2) is 0 Å². The number of hydrogen-bond donors (Lipinski definition) is 4. The molecular weight excluding hydrogens is 174 g/mol. The van der Waals surface area contributed by atoms with Crippen molar-refractivity contribution < 1.29 is 14.6 Å². The predicted octanol–water partition coefficient (Wildman–Crippen LogP) is -0.870. The van der Waals surface area contributed by atoms with Crippen molar-refractivity contribution in [3.63, 3.8) is 0 Å². The highest BCUT2D eigenvalue weighted by Gasteiger charge is 2.07. The van der Waals surface area contributed by atoms with Gasteiger partial charge in [-0.1, -0.05) is 0 Å². The third-order valence-electron chi connectivity index (χ3n) is 1.39. The van der Waals surface area contributed by atoms with Crippen LogP contribution in [0, 0.1) is 0 Å². The van der Waals surface area contributed by atoms with Gasteiger partial charge in [-0.15, -0.1) is 0 Å². The number of carboxylic acid groups (broad SMARTS) is 1. The lowest BCUT2D eigenvalue weighted by atomic mass is 10.2. The predicted molar refractivity (Wildman–Crippen MR) is 47.3 cm³/mol. The minimum absolute atomic E-state index is 0.234. The number of nitrogens with one attached hydrogen (secondary N) is 1. The van der Waals surface area contributed by atoms with Crippen LogP contribution in [0.1, 0.15) is 13.3 Å². The average molecular weight is 189 g/mol. The normalized spacial score (nSPS) is 13.8. The minimum atomic E-state index is -0.995. The standard InChI is InChI=1S/C7H15N3O3/c1-5(13-4-7(11)12)2-6(3-8)10-9/h3,5,10H,2,4,8-9H2,1H3,(H,11,12)/b6-3-. The van der Waals surface area contributed by atoms with Gasteiger partial charge in [-0.3, -0.25) is 5.84 Å². The Morgan fingerprint density at radius 1 is 1.77 bits per heavy atom. The summed E-state index contributed by atoms with van der Waals surface area (Å²) in [6, 6.07) is 0. The summed E-state index contributed by atoms with van der Waals surface area (Å²) in [6.45, 7) is 1.42. The van der Waals surface area contributed by atoms with E-state index >= 15 is 0 Å². The third kappa shape index (κ3) is 5.94. The van der Waals surface area contributed by atoms with E-state index in [2.05, 4.69) is 5.43 Å². The topological polar surface area (TPSA) is 111 Å². The van der Waals surface area contributed by atoms with Crippen molar-refractivity contribution in [2.24, 2.45) is 11.6 Å². The van der Waals surface area contributed by atoms with Gasteiger partial charge in [0.1, 0.15) is 6.61 Å². The maximum Gasteiger partial charge on any atom is 0.329 e. The van der Waals surface area contributed by atoms with Crippen molar-refractivity contribution in [3.8, 4) is 0 Å². The molecule has 0 spiro atoms. The zero-order valence-electron chi connectivity index (χ0n) is 7.49. The first kappa shape index (κ1) is 11.7. The molecule has 13 heavy (non-hydrogen) atoms. The lowest BCUT2D eigenvalue weighted by molar-refractivity contribution is -0.144. The molecule has 6 heteroatoms. The van der Waals surface area contributed by atoms with Crippen molar-refractivity contribution in [1.29, 1.82) is 0 Å². The van der Waals surface area contributed by atoms with Crippen molar-refractivity contribution in [1.82, 2.24) is 5.43 Å². The van der Waals surface area contributed by atoms with E-state index in [4.69, 9.17) is 21.4 Å². The molecule has 0 heterocycles. The van der Waals surface area contributed by atoms with E-state index in [9.17, 15) is 4.79 Å². The largest absolute Gasteiger partial charge is 0.480 e. The Kier molecular flexibility index (Phi) is 5.66. The smallest absolute Gasteiger partial charge is 0.329 e. The number of carbonyl (C=O) groups is 1. The summed E-state index contributed by atoms with van der Waals surface area (Å²) in [6.07, 6.45) is 1.54. The molecule has 0 bridgehead atoms. The SMILES string of the molecule is CC(C/C(=C/N)NN)OCC(=O)O. The first-order valence-corrected chi connectivity index (χ1v) is 3.81. The first-order valence-electron chi connectivity index (χ1n) is 3.81. The van der Waals surface area contributed by atoms with E-state index in [1.54, 1.807) is 6.92 Å². The number of hydrogen-bond acceptors (Lipinski definition) is 5. The summed E-state index contributed by atoms with van der Waals surface area (Å²) in [7, 11) is 0. The molecule has 0 aromatic carbocycles. The quantitative estimate of drug-likeness (QED) is 0.319. The first-order chi connectivity index (χ1) is 6.10. The molecule has 0 aliphatic carbocycles. The zero-order chi connectivity index (χ0) is 10.3. The second-order valence-electron chi connectivity index (χ2n) is 2.56. The number of ether oxygens (including phenoxy) is 1. The lowest BCUT2D eigenvalue weighted by Gasteiger charge is -2.12. The number of aliphatic carboxylic acids is 1. The summed E-state index contributed by atoms with van der Waals surface area (Å²) in [5.74, 6) is 4.12. The van der Waals surface area contributed by atoms with Gasteiger partial charge >= 0.3 is 5.97 Å². The van der Waals surface area contributed by atoms with Gasteiger partial charge in [0.05, 0.1) is 6.10 Å². The molecule has 0 rings (SSSR count). The average Bonchev–Trinajstić information content (AvgIpc) is 2.10. The molecule has 1 atom stereocenters. The van der Waals surface area contributed by atoms with Crippen LogP contribution in [0.4, 0.5) is 0 Å². The zero-order valence-corrected chi connectivity index (χ0v) is 7.49. The summed E-state index contributed by atoms with van der Waals surface area (Å²) < 4.78 is 4.95. The molecule has 0 aliphatic heterocycles. The molecule has 0 amide bonds. The fourth-order valence-corrected chi connectivity index (χ4v) is 0.757. The van der Waals surface area contributed by atoms with Crippen LogP contribution in [0.3, 0.4) is 0 Å². The maximum atomic E-state index is 10.1. The summed E-state index contributed by atoms with van der Waals surface area (Å²) >= 11 is 0. The van der Waals surface area contributed by atoms with Gasteiger partial charge < -0.3 is 21.0 Å². The Hall–Kier alpha value is -1.27. The molecule has 0 aromatic rings. The monoisotopic (exact) mass is 189 g/mol. The van der Waals surface area contributed by atoms with Gasteiger partial charge in [-0.25, -0.2) is 4.79 Å². The molecule has 6 N–H and O–H groups in total. The Bertz CT molecular complexity index is 193. The molecule has 0 saturated carbocycles. The van der Waals surface area contributed by atoms with Crippen LogP contribution in [0.15, 0.2) is 11.9 Å². The van der Waals surface area contributed by atoms with Gasteiger partial charge in [-0.2, -0.15) is 0 Å². The van der Waals surface area contributed by atoms with Crippen LogP contribution >= 0.6 is 0 Å². The van der Waals surface area contributed by atoms with E-state index < -0.39 is 5.97 Å². The van der Waals surface area contributed by atoms with Crippen LogP contribution in [0.25, 0.3) is 0 Å². The minimum Gasteiger partial charge on any atom is -0.480 e. The summed E-state index contributed by atoms with van der Waals surface area (Å²) in [4.78, 5) is 10.1. The Balaban J connectivity index is 3.73. The number of nitrogens with two attached hydrogens (primary N) is 2. The highest BCUT2D eigenvalue weighted by Crippen LogP contribution is 2.03. The van der Waals surface area contributed by atoms with Crippen LogP contribution in [-0.4, -0.2) is 23.8 Å². The molecule has 0 fully saturated rings. The highest BCUT2D eigenvalue weighted by molar-refractivity contribution is 5.68. The lowest BCUT2D eigenvalue weighted by Crippen LogP contribution is -2.26. The van der Waals surface area contributed by atoms with Crippen molar-refractivity contribution in [2.45, 2.75) is 19.4 Å². The second-order valence-corrected chi connectivity index (χ2v) is 2.56. The van der Waals surface area contributed by atoms with Crippen molar-refractivity contribution in [2.75, 3.05) is 6.61 Å². The number of hydrazine groups is 1. The summed E-state index contributed by atoms with van der Waals surface area (Å²) in [5, 5.41) is 8.31. The van der Waals surface area contributed by atoms with Crippen LogP contribution in [-0.2, 0) is 9.53 Å². The van der Waals surface area contributed by atoms with E-state index in [-0.39, 0.29) is 12.7 Å². The fourth-order valence-electron chi connectivity index (χ4n) is 0.757. The molecule has 1 unspecified atom stereocenters. The maximum absolute atomic E-state index is 10.1. The molecular formula is C7H15N3O3. The highest BCUT2D eigenvalue weighted by atomic mass is 16.5. The van der Waals surface area contributed by atoms with Crippen LogP contribution in [0.5, 0.6) is 0 Å². The molecule has 0 aromatic heterocycles. The Morgan fingerprint density at radius 2 is 2.38 bits per heavy atom. The molecule has 6 nitrogen and oxygen atoms in total. The Labute approximate surface area is 76.5 Å². The number of carboxylic acids is 1. The molecule has 0 aliphatic rings. The number of rotatable bonds is 6. The molecule has 76 valence electrons.